The summed E-state index contributed by atoms with van der Waals surface area (Å²) in [5.41, 5.74) is -1.08. The van der Waals surface area contributed by atoms with Gasteiger partial charge in [-0.15, -0.1) is 0 Å². The highest BCUT2D eigenvalue weighted by Gasteiger charge is 2.37. The highest BCUT2D eigenvalue weighted by molar-refractivity contribution is 8.18. The first-order valence-electron chi connectivity index (χ1n) is 8.32. The number of aromatic hydroxyl groups is 1. The molecule has 0 bridgehead atoms. The third kappa shape index (κ3) is 4.60. The Kier molecular flexibility index (Phi) is 6.39. The van der Waals surface area contributed by atoms with Crippen LogP contribution in [0, 0.1) is 5.92 Å². The Morgan fingerprint density at radius 1 is 1.27 bits per heavy atom. The maximum absolute atomic E-state index is 12.9. The fourth-order valence-electron chi connectivity index (χ4n) is 2.77. The van der Waals surface area contributed by atoms with Crippen molar-refractivity contribution in [2.24, 2.45) is 5.92 Å². The minimum atomic E-state index is -4.71. The molecule has 0 aromatic heterocycles. The molecule has 2 rings (SSSR count). The van der Waals surface area contributed by atoms with Crippen LogP contribution < -0.4 is 0 Å². The van der Waals surface area contributed by atoms with E-state index in [2.05, 4.69) is 0 Å². The van der Waals surface area contributed by atoms with Crippen molar-refractivity contribution in [1.29, 1.82) is 0 Å². The predicted molar refractivity (Wildman–Crippen MR) is 94.5 cm³/mol. The zero-order chi connectivity index (χ0) is 19.5. The molecule has 1 aliphatic rings. The van der Waals surface area contributed by atoms with Crippen LogP contribution in [-0.2, 0) is 11.0 Å². The van der Waals surface area contributed by atoms with Gasteiger partial charge in [-0.1, -0.05) is 32.8 Å². The van der Waals surface area contributed by atoms with E-state index in [1.54, 1.807) is 0 Å². The van der Waals surface area contributed by atoms with Crippen LogP contribution in [0.2, 0.25) is 0 Å². The fraction of sp³-hybridized carbons (Fsp3) is 0.444. The summed E-state index contributed by atoms with van der Waals surface area (Å²) < 4.78 is 38.6. The number of carbonyl (C=O) groups is 2. The summed E-state index contributed by atoms with van der Waals surface area (Å²) in [5.74, 6) is -1.16. The second kappa shape index (κ2) is 8.16. The first-order valence-corrected chi connectivity index (χ1v) is 9.14. The van der Waals surface area contributed by atoms with E-state index in [-0.39, 0.29) is 16.4 Å². The predicted octanol–water partition coefficient (Wildman–Crippen LogP) is 5.27. The number of hydrogen-bond donors (Lipinski definition) is 1. The van der Waals surface area contributed by atoms with Gasteiger partial charge in [0.1, 0.15) is 5.75 Å². The highest BCUT2D eigenvalue weighted by atomic mass is 32.2. The van der Waals surface area contributed by atoms with Crippen LogP contribution in [0.5, 0.6) is 5.75 Å². The second-order valence-corrected chi connectivity index (χ2v) is 7.12. The smallest absolute Gasteiger partial charge is 0.419 e. The van der Waals surface area contributed by atoms with Crippen LogP contribution in [0.15, 0.2) is 23.1 Å². The standard InChI is InChI=1S/C18H20F3NO3S/c1-3-5-11(4-2)10-22-16(24)15(26-17(22)25)9-12-6-7-14(23)13(8-12)18(19,20)21/h6-9,11,23H,3-5,10H2,1-2H3/b15-9-. The van der Waals surface area contributed by atoms with Crippen molar-refractivity contribution in [3.63, 3.8) is 0 Å². The fourth-order valence-corrected chi connectivity index (χ4v) is 3.62. The molecule has 4 nitrogen and oxygen atoms in total. The van der Waals surface area contributed by atoms with Gasteiger partial charge in [-0.2, -0.15) is 13.2 Å². The first kappa shape index (κ1) is 20.4. The SMILES string of the molecule is CCCC(CC)CN1C(=O)S/C(=C\c2ccc(O)c(C(F)(F)F)c2)C1=O. The van der Waals surface area contributed by atoms with Gasteiger partial charge >= 0.3 is 6.18 Å². The van der Waals surface area contributed by atoms with Crippen LogP contribution in [0.1, 0.15) is 44.2 Å². The van der Waals surface area contributed by atoms with Gasteiger partial charge in [-0.3, -0.25) is 14.5 Å². The number of carbonyl (C=O) groups excluding carboxylic acids is 2. The summed E-state index contributed by atoms with van der Waals surface area (Å²) in [5, 5.41) is 8.96. The van der Waals surface area contributed by atoms with Gasteiger partial charge in [-0.05, 0) is 47.9 Å². The monoisotopic (exact) mass is 387 g/mol. The summed E-state index contributed by atoms with van der Waals surface area (Å²) >= 11 is 0.720. The summed E-state index contributed by atoms with van der Waals surface area (Å²) in [6, 6.07) is 2.95. The van der Waals surface area contributed by atoms with Crippen LogP contribution in [-0.4, -0.2) is 27.7 Å². The third-order valence-electron chi connectivity index (χ3n) is 4.21. The van der Waals surface area contributed by atoms with Gasteiger partial charge < -0.3 is 5.11 Å². The number of thioether (sulfide) groups is 1. The zero-order valence-corrected chi connectivity index (χ0v) is 15.3. The van der Waals surface area contributed by atoms with Gasteiger partial charge in [-0.25, -0.2) is 0 Å². The molecule has 0 aliphatic carbocycles. The van der Waals surface area contributed by atoms with Crippen molar-refractivity contribution >= 4 is 29.0 Å². The molecule has 0 saturated carbocycles. The van der Waals surface area contributed by atoms with E-state index in [4.69, 9.17) is 0 Å². The van der Waals surface area contributed by atoms with E-state index in [1.165, 1.54) is 12.1 Å². The normalized spacial score (nSPS) is 18.0. The molecule has 2 amide bonds. The molecule has 1 saturated heterocycles. The number of phenols is 1. The van der Waals surface area contributed by atoms with Gasteiger partial charge in [0, 0.05) is 6.54 Å². The van der Waals surface area contributed by atoms with Crippen LogP contribution in [0.3, 0.4) is 0 Å². The minimum Gasteiger partial charge on any atom is -0.507 e. The minimum absolute atomic E-state index is 0.0835. The van der Waals surface area contributed by atoms with Crippen molar-refractivity contribution < 1.29 is 27.9 Å². The number of phenolic OH excluding ortho intramolecular Hbond substituents is 1. The lowest BCUT2D eigenvalue weighted by molar-refractivity contribution is -0.138. The summed E-state index contributed by atoms with van der Waals surface area (Å²) in [6.07, 6.45) is -0.786. The number of imide groups is 1. The number of hydrogen-bond acceptors (Lipinski definition) is 4. The van der Waals surface area contributed by atoms with E-state index in [1.807, 2.05) is 13.8 Å². The molecule has 0 spiro atoms. The van der Waals surface area contributed by atoms with E-state index in [9.17, 15) is 27.9 Å². The largest absolute Gasteiger partial charge is 0.507 e. The highest BCUT2D eigenvalue weighted by Crippen LogP contribution is 2.38. The summed E-state index contributed by atoms with van der Waals surface area (Å²) in [7, 11) is 0. The first-order chi connectivity index (χ1) is 12.2. The molecule has 26 heavy (non-hydrogen) atoms. The Morgan fingerprint density at radius 2 is 1.96 bits per heavy atom. The maximum Gasteiger partial charge on any atom is 0.419 e. The molecule has 1 heterocycles. The van der Waals surface area contributed by atoms with Gasteiger partial charge in [0.15, 0.2) is 0 Å². The van der Waals surface area contributed by atoms with Gasteiger partial charge in [0.05, 0.1) is 10.5 Å². The van der Waals surface area contributed by atoms with E-state index >= 15 is 0 Å². The maximum atomic E-state index is 12.9. The van der Waals surface area contributed by atoms with Crippen molar-refractivity contribution in [3.05, 3.63) is 34.2 Å². The Labute approximate surface area is 154 Å². The van der Waals surface area contributed by atoms with E-state index in [0.29, 0.717) is 6.54 Å². The van der Waals surface area contributed by atoms with Crippen LogP contribution in [0.25, 0.3) is 6.08 Å². The molecule has 1 unspecified atom stereocenters. The lowest BCUT2D eigenvalue weighted by atomic mass is 10.0. The Morgan fingerprint density at radius 3 is 2.54 bits per heavy atom. The Bertz CT molecular complexity index is 731. The number of alkyl halides is 3. The topological polar surface area (TPSA) is 57.6 Å². The average molecular weight is 387 g/mol. The number of nitrogens with zero attached hydrogens (tertiary/aromatic N) is 1. The van der Waals surface area contributed by atoms with Crippen molar-refractivity contribution in [1.82, 2.24) is 4.90 Å². The molecule has 1 aromatic rings. The molecule has 1 aliphatic heterocycles. The van der Waals surface area contributed by atoms with Crippen LogP contribution in [0.4, 0.5) is 18.0 Å². The van der Waals surface area contributed by atoms with E-state index < -0.39 is 28.6 Å². The number of rotatable bonds is 6. The molecule has 1 aromatic carbocycles. The molecule has 1 atom stereocenters. The van der Waals surface area contributed by atoms with Crippen molar-refractivity contribution in [2.75, 3.05) is 6.54 Å². The number of amides is 2. The molecule has 8 heteroatoms. The summed E-state index contributed by atoms with van der Waals surface area (Å²) in [4.78, 5) is 25.8. The van der Waals surface area contributed by atoms with Gasteiger partial charge in [0.25, 0.3) is 11.1 Å². The Hall–Kier alpha value is -1.96. The van der Waals surface area contributed by atoms with Gasteiger partial charge in [0.2, 0.25) is 0 Å². The molecular formula is C18H20F3NO3S. The third-order valence-corrected chi connectivity index (χ3v) is 5.12. The van der Waals surface area contributed by atoms with Crippen LogP contribution >= 0.6 is 11.8 Å². The molecule has 1 N–H and O–H groups in total. The molecule has 0 radical (unpaired) electrons. The second-order valence-electron chi connectivity index (χ2n) is 6.13. The number of benzene rings is 1. The molecule has 1 fully saturated rings. The molecular weight excluding hydrogens is 367 g/mol. The Balaban J connectivity index is 2.25. The average Bonchev–Trinajstić information content (AvgIpc) is 2.82. The van der Waals surface area contributed by atoms with Crippen molar-refractivity contribution in [3.8, 4) is 5.75 Å². The summed E-state index contributed by atoms with van der Waals surface area (Å²) in [6.45, 7) is 4.33. The van der Waals surface area contributed by atoms with E-state index in [0.717, 1.165) is 48.1 Å². The van der Waals surface area contributed by atoms with Crippen molar-refractivity contribution in [2.45, 2.75) is 39.3 Å². The zero-order valence-electron chi connectivity index (χ0n) is 14.5. The lowest BCUT2D eigenvalue weighted by Gasteiger charge is -2.19. The quantitative estimate of drug-likeness (QED) is 0.675. The molecule has 142 valence electrons. The number of halogens is 3. The lowest BCUT2D eigenvalue weighted by Crippen LogP contribution is -2.33.